The first kappa shape index (κ1) is 27.6. The molecule has 1 unspecified atom stereocenters. The van der Waals surface area contributed by atoms with E-state index in [1.54, 1.807) is 25.4 Å². The third-order valence-corrected chi connectivity index (χ3v) is 6.62. The lowest BCUT2D eigenvalue weighted by Gasteiger charge is -2.17. The molecule has 12 nitrogen and oxygen atoms in total. The number of aliphatic hydroxyl groups is 2. The maximum atomic E-state index is 11.7. The van der Waals surface area contributed by atoms with Crippen LogP contribution in [0.1, 0.15) is 29.9 Å². The fourth-order valence-electron chi connectivity index (χ4n) is 4.45. The Hall–Kier alpha value is -4.94. The molecule has 41 heavy (non-hydrogen) atoms. The van der Waals surface area contributed by atoms with Crippen molar-refractivity contribution in [3.05, 3.63) is 88.2 Å². The number of nitrogens with zero attached hydrogens (tertiary/aromatic N) is 5. The Morgan fingerprint density at radius 2 is 1.83 bits per heavy atom. The maximum Gasteiger partial charge on any atom is 0.312 e. The minimum atomic E-state index is -0.887. The van der Waals surface area contributed by atoms with Gasteiger partial charge in [0.05, 0.1) is 29.6 Å². The Balaban J connectivity index is 1.37. The van der Waals surface area contributed by atoms with Gasteiger partial charge in [-0.25, -0.2) is 19.9 Å². The largest absolute Gasteiger partial charge is 0.457 e. The van der Waals surface area contributed by atoms with Crippen LogP contribution in [-0.4, -0.2) is 54.3 Å². The topological polar surface area (TPSA) is 172 Å². The maximum absolute atomic E-state index is 11.7. The fourth-order valence-corrected chi connectivity index (χ4v) is 4.45. The van der Waals surface area contributed by atoms with Gasteiger partial charge in [-0.2, -0.15) is 0 Å². The number of fused-ring (bicyclic) bond motifs is 1. The van der Waals surface area contributed by atoms with E-state index in [1.165, 1.54) is 12.3 Å². The van der Waals surface area contributed by atoms with Gasteiger partial charge in [0.2, 0.25) is 11.5 Å². The summed E-state index contributed by atoms with van der Waals surface area (Å²) in [6.45, 7) is 5.43. The first-order valence-electron chi connectivity index (χ1n) is 13.0. The monoisotopic (exact) mass is 555 g/mol. The Labute approximate surface area is 235 Å². The molecule has 0 aliphatic heterocycles. The third-order valence-electron chi connectivity index (χ3n) is 6.62. The summed E-state index contributed by atoms with van der Waals surface area (Å²) >= 11 is 0. The number of aliphatic hydroxyl groups excluding tert-OH is 2. The average Bonchev–Trinajstić information content (AvgIpc) is 3.35. The minimum Gasteiger partial charge on any atom is -0.457 e. The van der Waals surface area contributed by atoms with Gasteiger partial charge in [0.25, 0.3) is 0 Å². The van der Waals surface area contributed by atoms with Gasteiger partial charge in [-0.15, -0.1) is 0 Å². The van der Waals surface area contributed by atoms with E-state index in [1.807, 2.05) is 44.2 Å². The third kappa shape index (κ3) is 6.13. The van der Waals surface area contributed by atoms with Crippen LogP contribution in [-0.2, 0) is 0 Å². The van der Waals surface area contributed by atoms with Gasteiger partial charge >= 0.3 is 5.69 Å². The first-order chi connectivity index (χ1) is 19.7. The van der Waals surface area contributed by atoms with Crippen molar-refractivity contribution in [3.63, 3.8) is 0 Å². The van der Waals surface area contributed by atoms with E-state index < -0.39 is 11.0 Å². The zero-order valence-corrected chi connectivity index (χ0v) is 22.7. The number of aryl methyl sites for hydroxylation is 2. The number of nitro groups is 1. The number of non-ortho nitro benzene ring substituents is 1. The van der Waals surface area contributed by atoms with E-state index in [0.717, 1.165) is 22.3 Å². The molecule has 4 N–H and O–H groups in total. The predicted octanol–water partition coefficient (Wildman–Crippen LogP) is 4.81. The van der Waals surface area contributed by atoms with Crippen molar-refractivity contribution >= 4 is 28.4 Å². The lowest BCUT2D eigenvalue weighted by molar-refractivity contribution is -0.383. The highest BCUT2D eigenvalue weighted by molar-refractivity contribution is 5.92. The van der Waals surface area contributed by atoms with Crippen molar-refractivity contribution in [2.24, 2.45) is 0 Å². The summed E-state index contributed by atoms with van der Waals surface area (Å²) < 4.78 is 5.44. The number of rotatable bonds is 10. The molecule has 0 aliphatic carbocycles. The molecule has 210 valence electrons. The zero-order chi connectivity index (χ0) is 29.1. The molecule has 2 atom stereocenters. The molecule has 0 saturated carbocycles. The molecule has 5 aromatic rings. The van der Waals surface area contributed by atoms with E-state index >= 15 is 0 Å². The molecule has 0 bridgehead atoms. The van der Waals surface area contributed by atoms with Crippen LogP contribution in [0.4, 0.5) is 17.5 Å². The first-order valence-corrected chi connectivity index (χ1v) is 13.0. The van der Waals surface area contributed by atoms with Crippen LogP contribution in [0.5, 0.6) is 0 Å². The Kier molecular flexibility index (Phi) is 7.86. The van der Waals surface area contributed by atoms with Gasteiger partial charge < -0.3 is 25.3 Å². The molecule has 0 aliphatic rings. The van der Waals surface area contributed by atoms with Gasteiger partial charge in [-0.3, -0.25) is 10.1 Å². The number of furan rings is 1. The molecule has 0 spiro atoms. The van der Waals surface area contributed by atoms with Crippen molar-refractivity contribution < 1.29 is 19.6 Å². The van der Waals surface area contributed by atoms with Gasteiger partial charge in [-0.1, -0.05) is 18.2 Å². The molecule has 0 amide bonds. The minimum absolute atomic E-state index is 0.114. The van der Waals surface area contributed by atoms with Crippen LogP contribution in [0, 0.1) is 24.0 Å². The molecule has 5 rings (SSSR count). The predicted molar refractivity (Wildman–Crippen MR) is 154 cm³/mol. The highest BCUT2D eigenvalue weighted by Crippen LogP contribution is 2.35. The van der Waals surface area contributed by atoms with E-state index in [0.29, 0.717) is 34.2 Å². The van der Waals surface area contributed by atoms with Crippen molar-refractivity contribution in [2.45, 2.75) is 32.9 Å². The molecule has 2 aromatic carbocycles. The van der Waals surface area contributed by atoms with Crippen molar-refractivity contribution in [1.82, 2.24) is 19.9 Å². The summed E-state index contributed by atoms with van der Waals surface area (Å²) in [6, 6.07) is 12.9. The molecule has 0 fully saturated rings. The van der Waals surface area contributed by atoms with E-state index in [9.17, 15) is 15.2 Å². The highest BCUT2D eigenvalue weighted by Gasteiger charge is 2.20. The number of benzene rings is 2. The smallest absolute Gasteiger partial charge is 0.312 e. The molecule has 0 saturated heterocycles. The number of hydrogen-bond donors (Lipinski definition) is 4. The van der Waals surface area contributed by atoms with Crippen LogP contribution in [0.2, 0.25) is 0 Å². The van der Waals surface area contributed by atoms with Gasteiger partial charge in [-0.05, 0) is 49.6 Å². The van der Waals surface area contributed by atoms with Gasteiger partial charge in [0.15, 0.2) is 0 Å². The van der Waals surface area contributed by atoms with Crippen molar-refractivity contribution in [1.29, 1.82) is 0 Å². The van der Waals surface area contributed by atoms with Crippen LogP contribution in [0.3, 0.4) is 0 Å². The summed E-state index contributed by atoms with van der Waals surface area (Å²) in [4.78, 5) is 29.0. The molecule has 12 heteroatoms. The quantitative estimate of drug-likeness (QED) is 0.138. The highest BCUT2D eigenvalue weighted by atomic mass is 16.6. The second-order valence-corrected chi connectivity index (χ2v) is 9.74. The second-order valence-electron chi connectivity index (χ2n) is 9.74. The normalized spacial score (nSPS) is 12.7. The van der Waals surface area contributed by atoms with Crippen LogP contribution in [0.15, 0.2) is 65.5 Å². The molecule has 0 radical (unpaired) electrons. The van der Waals surface area contributed by atoms with Gasteiger partial charge in [0.1, 0.15) is 11.6 Å². The Bertz CT molecular complexity index is 1700. The summed E-state index contributed by atoms with van der Waals surface area (Å²) in [5.41, 5.74) is 4.83. The van der Waals surface area contributed by atoms with E-state index in [2.05, 4.69) is 30.6 Å². The lowest BCUT2D eigenvalue weighted by Crippen LogP contribution is -2.23. The lowest BCUT2D eigenvalue weighted by atomic mass is 10.0. The number of nitro benzene ring substituents is 1. The van der Waals surface area contributed by atoms with E-state index in [-0.39, 0.29) is 30.5 Å². The number of aromatic nitrogens is 4. The average molecular weight is 556 g/mol. The molecule has 3 aromatic heterocycles. The zero-order valence-electron chi connectivity index (χ0n) is 22.7. The summed E-state index contributed by atoms with van der Waals surface area (Å²) in [5.74, 6) is 1.46. The summed E-state index contributed by atoms with van der Waals surface area (Å²) in [6.07, 6.45) is 4.00. The summed E-state index contributed by atoms with van der Waals surface area (Å²) in [7, 11) is 0. The standard InChI is InChI=1S/C29H29N7O5/c1-16-15-41-28-24(16)8-21(9-26(28)36(39)40)25-10-27(35-18(3)34-25)33-17(2)19-5-4-6-20(7-19)22-11-30-29(31-12-22)32-13-23(38)14-37/h4-12,15,17,23,37-38H,13-14H2,1-3H3,(H,30,31,32)(H,33,34,35)/t17-,23?/m0/s1. The van der Waals surface area contributed by atoms with Crippen LogP contribution >= 0.6 is 0 Å². The molecule has 3 heterocycles. The number of anilines is 2. The van der Waals surface area contributed by atoms with Crippen LogP contribution in [0.25, 0.3) is 33.4 Å². The van der Waals surface area contributed by atoms with Crippen molar-refractivity contribution in [2.75, 3.05) is 23.8 Å². The summed E-state index contributed by atoms with van der Waals surface area (Å²) in [5, 5.41) is 37.1. The Morgan fingerprint density at radius 1 is 1.05 bits per heavy atom. The van der Waals surface area contributed by atoms with Gasteiger partial charge in [0, 0.05) is 53.6 Å². The Morgan fingerprint density at radius 3 is 2.56 bits per heavy atom. The van der Waals surface area contributed by atoms with Crippen LogP contribution < -0.4 is 10.6 Å². The van der Waals surface area contributed by atoms with E-state index in [4.69, 9.17) is 9.52 Å². The number of nitrogens with one attached hydrogen (secondary N) is 2. The second kappa shape index (κ2) is 11.7. The fraction of sp³-hybridized carbons (Fsp3) is 0.241. The number of hydrogen-bond acceptors (Lipinski definition) is 11. The molecular formula is C29H29N7O5. The molecular weight excluding hydrogens is 526 g/mol. The SMILES string of the molecule is Cc1nc(N[C@@H](C)c2cccc(-c3cnc(NCC(O)CO)nc3)c2)cc(-c2cc([N+](=O)[O-])c3occ(C)c3c2)n1. The van der Waals surface area contributed by atoms with Crippen molar-refractivity contribution in [3.8, 4) is 22.4 Å².